The normalized spacial score (nSPS) is 13.9. The second-order valence-electron chi connectivity index (χ2n) is 8.13. The molecule has 0 rings (SSSR count). The van der Waals surface area contributed by atoms with Gasteiger partial charge in [0, 0.05) is 0 Å². The van der Waals surface area contributed by atoms with E-state index >= 15 is 0 Å². The van der Waals surface area contributed by atoms with Crippen LogP contribution in [0.1, 0.15) is 129 Å². The van der Waals surface area contributed by atoms with Crippen molar-refractivity contribution in [3.63, 3.8) is 0 Å². The van der Waals surface area contributed by atoms with Crippen molar-refractivity contribution in [3.05, 3.63) is 0 Å². The fourth-order valence-electron chi connectivity index (χ4n) is 3.68. The molecular formula is C22H45KO4S. The minimum absolute atomic E-state index is 0. The van der Waals surface area contributed by atoms with Crippen molar-refractivity contribution in [2.24, 2.45) is 0 Å². The van der Waals surface area contributed by atoms with Crippen molar-refractivity contribution < 1.29 is 69.5 Å². The number of aliphatic hydroxyl groups is 1. The largest absolute Gasteiger partial charge is 1.00 e. The Labute approximate surface area is 218 Å². The average molecular weight is 445 g/mol. The van der Waals surface area contributed by atoms with Crippen LogP contribution in [0.3, 0.4) is 0 Å². The molecule has 0 saturated carbocycles. The molecule has 0 heterocycles. The van der Waals surface area contributed by atoms with E-state index < -0.39 is 21.5 Å². The van der Waals surface area contributed by atoms with E-state index in [1.807, 2.05) is 0 Å². The van der Waals surface area contributed by atoms with Gasteiger partial charge in [-0.3, -0.25) is 0 Å². The summed E-state index contributed by atoms with van der Waals surface area (Å²) < 4.78 is 34.4. The molecule has 0 radical (unpaired) electrons. The van der Waals surface area contributed by atoms with Gasteiger partial charge in [-0.1, -0.05) is 117 Å². The molecule has 0 amide bonds. The monoisotopic (exact) mass is 444 g/mol. The van der Waals surface area contributed by atoms with Gasteiger partial charge >= 0.3 is 51.4 Å². The van der Waals surface area contributed by atoms with E-state index in [1.165, 1.54) is 57.8 Å². The topological polar surface area (TPSA) is 77.4 Å². The molecule has 0 spiro atoms. The van der Waals surface area contributed by atoms with Crippen LogP contribution in [0.5, 0.6) is 0 Å². The molecule has 0 bridgehead atoms. The molecule has 0 aromatic heterocycles. The Kier molecular flexibility index (Phi) is 24.6. The van der Waals surface area contributed by atoms with Crippen LogP contribution >= 0.6 is 0 Å². The summed E-state index contributed by atoms with van der Waals surface area (Å²) >= 11 is 0. The molecule has 0 aromatic carbocycles. The van der Waals surface area contributed by atoms with Crippen molar-refractivity contribution in [1.82, 2.24) is 0 Å². The van der Waals surface area contributed by atoms with Gasteiger partial charge in [0.1, 0.15) is 10.1 Å². The maximum absolute atomic E-state index is 11.5. The molecule has 0 saturated heterocycles. The number of unbranched alkanes of at least 4 members (excludes halogenated alkanes) is 14. The van der Waals surface area contributed by atoms with Crippen molar-refractivity contribution in [1.29, 1.82) is 0 Å². The van der Waals surface area contributed by atoms with Gasteiger partial charge in [0.25, 0.3) is 0 Å². The summed E-state index contributed by atoms with van der Waals surface area (Å²) in [4.78, 5) is 0. The molecule has 0 aliphatic rings. The third kappa shape index (κ3) is 19.5. The van der Waals surface area contributed by atoms with Crippen molar-refractivity contribution in [2.45, 2.75) is 141 Å². The first kappa shape index (κ1) is 31.7. The van der Waals surface area contributed by atoms with Crippen LogP contribution in [0.25, 0.3) is 0 Å². The fraction of sp³-hybridized carbons (Fsp3) is 1.00. The summed E-state index contributed by atoms with van der Waals surface area (Å²) in [6, 6.07) is 0. The van der Waals surface area contributed by atoms with E-state index in [9.17, 15) is 18.1 Å². The molecule has 2 atom stereocenters. The molecule has 0 fully saturated rings. The van der Waals surface area contributed by atoms with Gasteiger partial charge in [-0.15, -0.1) is 0 Å². The summed E-state index contributed by atoms with van der Waals surface area (Å²) in [5.74, 6) is 0. The molecule has 28 heavy (non-hydrogen) atoms. The van der Waals surface area contributed by atoms with Crippen LogP contribution in [-0.4, -0.2) is 29.4 Å². The zero-order chi connectivity index (χ0) is 20.4. The predicted molar refractivity (Wildman–Crippen MR) is 114 cm³/mol. The van der Waals surface area contributed by atoms with E-state index in [-0.39, 0.29) is 51.4 Å². The van der Waals surface area contributed by atoms with Crippen molar-refractivity contribution in [2.75, 3.05) is 0 Å². The predicted octanol–water partition coefficient (Wildman–Crippen LogP) is 3.33. The number of rotatable bonds is 20. The first-order valence-corrected chi connectivity index (χ1v) is 13.0. The Morgan fingerprint density at radius 1 is 0.643 bits per heavy atom. The second kappa shape index (κ2) is 21.7. The second-order valence-corrected chi connectivity index (χ2v) is 9.72. The maximum atomic E-state index is 11.5. The third-order valence-electron chi connectivity index (χ3n) is 5.50. The van der Waals surface area contributed by atoms with Gasteiger partial charge in [0.15, 0.2) is 0 Å². The van der Waals surface area contributed by atoms with E-state index in [2.05, 4.69) is 13.8 Å². The first-order chi connectivity index (χ1) is 12.9. The molecule has 0 aliphatic carbocycles. The summed E-state index contributed by atoms with van der Waals surface area (Å²) in [6.45, 7) is 4.35. The summed E-state index contributed by atoms with van der Waals surface area (Å²) in [6.07, 6.45) is 18.2. The molecule has 0 aromatic rings. The van der Waals surface area contributed by atoms with E-state index in [0.717, 1.165) is 44.9 Å². The Balaban J connectivity index is 0. The minimum Gasteiger partial charge on any atom is -0.748 e. The van der Waals surface area contributed by atoms with Crippen LogP contribution in [0, 0.1) is 0 Å². The van der Waals surface area contributed by atoms with E-state index in [0.29, 0.717) is 12.8 Å². The van der Waals surface area contributed by atoms with E-state index in [4.69, 9.17) is 0 Å². The van der Waals surface area contributed by atoms with Crippen LogP contribution in [-0.2, 0) is 10.1 Å². The van der Waals surface area contributed by atoms with Gasteiger partial charge < -0.3 is 9.66 Å². The summed E-state index contributed by atoms with van der Waals surface area (Å²) in [5.41, 5.74) is 0. The zero-order valence-corrected chi connectivity index (χ0v) is 22.9. The Hall–Kier alpha value is 1.51. The van der Waals surface area contributed by atoms with Crippen LogP contribution < -0.4 is 51.4 Å². The van der Waals surface area contributed by atoms with Crippen LogP contribution in [0.4, 0.5) is 0 Å². The van der Waals surface area contributed by atoms with Crippen LogP contribution in [0.15, 0.2) is 0 Å². The molecule has 6 heteroatoms. The minimum atomic E-state index is -4.42. The summed E-state index contributed by atoms with van der Waals surface area (Å²) in [5, 5.41) is 9.02. The maximum Gasteiger partial charge on any atom is 1.00 e. The van der Waals surface area contributed by atoms with Crippen molar-refractivity contribution in [3.8, 4) is 0 Å². The molecule has 164 valence electrons. The Bertz CT molecular complexity index is 415. The fourth-order valence-corrected chi connectivity index (χ4v) is 4.66. The molecule has 0 aliphatic heterocycles. The SMILES string of the molecule is CCCCCCCCCCCCCCC(C(O)CCCCCC)S(=O)(=O)[O-].[K+]. The average Bonchev–Trinajstić information content (AvgIpc) is 2.61. The van der Waals surface area contributed by atoms with Gasteiger partial charge in [0.2, 0.25) is 0 Å². The van der Waals surface area contributed by atoms with Gasteiger partial charge in [0.05, 0.1) is 11.4 Å². The van der Waals surface area contributed by atoms with Gasteiger partial charge in [-0.2, -0.15) is 0 Å². The Morgan fingerprint density at radius 2 is 0.964 bits per heavy atom. The molecule has 4 nitrogen and oxygen atoms in total. The van der Waals surface area contributed by atoms with Gasteiger partial charge in [-0.05, 0) is 12.8 Å². The molecule has 1 N–H and O–H groups in total. The number of hydrogen-bond donors (Lipinski definition) is 1. The van der Waals surface area contributed by atoms with Crippen LogP contribution in [0.2, 0.25) is 0 Å². The smallest absolute Gasteiger partial charge is 0.748 e. The number of aliphatic hydroxyl groups excluding tert-OH is 1. The number of hydrogen-bond acceptors (Lipinski definition) is 4. The Morgan fingerprint density at radius 3 is 1.36 bits per heavy atom. The molecular weight excluding hydrogens is 399 g/mol. The standard InChI is InChI=1S/C22H46O4S.K/c1-3-5-7-9-10-11-12-13-14-15-16-18-20-22(27(24,25)26)21(23)19-17-8-6-4-2;/h21-23H,3-20H2,1-2H3,(H,24,25,26);/q;+1/p-1. The first-order valence-electron chi connectivity index (χ1n) is 11.6. The van der Waals surface area contributed by atoms with Crippen molar-refractivity contribution >= 4 is 10.1 Å². The van der Waals surface area contributed by atoms with Gasteiger partial charge in [-0.25, -0.2) is 8.42 Å². The summed E-state index contributed by atoms with van der Waals surface area (Å²) in [7, 11) is -4.42. The molecule has 2 unspecified atom stereocenters. The quantitative estimate of drug-likeness (QED) is 0.177. The third-order valence-corrected chi connectivity index (χ3v) is 6.79. The zero-order valence-electron chi connectivity index (χ0n) is 19.0. The van der Waals surface area contributed by atoms with E-state index in [1.54, 1.807) is 0 Å².